The lowest BCUT2D eigenvalue weighted by Crippen LogP contribution is -2.48. The molecule has 2 rings (SSSR count). The van der Waals surface area contributed by atoms with Gasteiger partial charge in [-0.1, -0.05) is 12.8 Å². The molecule has 1 aliphatic carbocycles. The summed E-state index contributed by atoms with van der Waals surface area (Å²) in [6, 6.07) is 0. The zero-order valence-electron chi connectivity index (χ0n) is 9.73. The van der Waals surface area contributed by atoms with E-state index in [0.717, 1.165) is 12.3 Å². The van der Waals surface area contributed by atoms with Crippen molar-refractivity contribution < 1.29 is 9.90 Å². The highest BCUT2D eigenvalue weighted by molar-refractivity contribution is 6.30. The maximum Gasteiger partial charge on any atom is 0.240 e. The molecule has 3 atom stereocenters. The maximum atomic E-state index is 11.8. The highest BCUT2D eigenvalue weighted by Crippen LogP contribution is 2.37. The number of hydrogen-bond acceptors (Lipinski definition) is 2. The summed E-state index contributed by atoms with van der Waals surface area (Å²) in [6.45, 7) is 3.05. The lowest BCUT2D eigenvalue weighted by atomic mass is 9.89. The summed E-state index contributed by atoms with van der Waals surface area (Å²) in [6.07, 6.45) is 4.14. The van der Waals surface area contributed by atoms with Gasteiger partial charge < -0.3 is 10.0 Å². The third-order valence-corrected chi connectivity index (χ3v) is 3.87. The van der Waals surface area contributed by atoms with Crippen LogP contribution in [-0.2, 0) is 4.79 Å². The Balaban J connectivity index is 1.90. The number of amides is 1. The van der Waals surface area contributed by atoms with Crippen molar-refractivity contribution >= 4 is 17.5 Å². The number of hydrogen-bond donors (Lipinski definition) is 1. The van der Waals surface area contributed by atoms with E-state index in [0.29, 0.717) is 19.5 Å². The summed E-state index contributed by atoms with van der Waals surface area (Å²) < 4.78 is 0. The summed E-state index contributed by atoms with van der Waals surface area (Å²) in [4.78, 5) is 13.6. The first-order valence-corrected chi connectivity index (χ1v) is 6.62. The molecule has 0 radical (unpaired) electrons. The number of carbonyl (C=O) groups is 1. The molecule has 0 unspecified atom stereocenters. The Kier molecular flexibility index (Phi) is 3.75. The lowest BCUT2D eigenvalue weighted by molar-refractivity contribution is -0.134. The molecule has 2 fully saturated rings. The fourth-order valence-electron chi connectivity index (χ4n) is 2.48. The van der Waals surface area contributed by atoms with E-state index in [9.17, 15) is 9.90 Å². The Labute approximate surface area is 102 Å². The topological polar surface area (TPSA) is 40.5 Å². The summed E-state index contributed by atoms with van der Waals surface area (Å²) >= 11 is 5.81. The Morgan fingerprint density at radius 2 is 2.19 bits per heavy atom. The lowest BCUT2D eigenvalue weighted by Gasteiger charge is -2.37. The molecule has 4 heteroatoms. The highest BCUT2D eigenvalue weighted by Gasteiger charge is 2.35. The second kappa shape index (κ2) is 4.92. The van der Waals surface area contributed by atoms with E-state index in [1.165, 1.54) is 12.8 Å². The predicted octanol–water partition coefficient (Wildman–Crippen LogP) is 1.62. The number of piperidine rings is 1. The number of rotatable bonds is 3. The number of carbonyl (C=O) groups excluding carboxylic acids is 1. The number of aliphatic hydroxyl groups is 1. The minimum atomic E-state index is -0.447. The van der Waals surface area contributed by atoms with Crippen LogP contribution in [0, 0.1) is 11.8 Å². The van der Waals surface area contributed by atoms with Crippen LogP contribution in [0.2, 0.25) is 0 Å². The van der Waals surface area contributed by atoms with E-state index >= 15 is 0 Å². The average Bonchev–Trinajstić information content (AvgIpc) is 3.04. The molecule has 0 aromatic carbocycles. The van der Waals surface area contributed by atoms with Gasteiger partial charge in [-0.3, -0.25) is 4.79 Å². The quantitative estimate of drug-likeness (QED) is 0.768. The predicted molar refractivity (Wildman–Crippen MR) is 63.3 cm³/mol. The van der Waals surface area contributed by atoms with Gasteiger partial charge in [0.2, 0.25) is 5.91 Å². The molecule has 3 nitrogen and oxygen atoms in total. The van der Waals surface area contributed by atoms with Crippen molar-refractivity contribution in [3.8, 4) is 0 Å². The number of likely N-dealkylation sites (tertiary alicyclic amines) is 1. The van der Waals surface area contributed by atoms with E-state index in [2.05, 4.69) is 0 Å². The molecular weight excluding hydrogens is 226 g/mol. The van der Waals surface area contributed by atoms with Gasteiger partial charge in [-0.05, 0) is 25.7 Å². The van der Waals surface area contributed by atoms with Gasteiger partial charge in [0.25, 0.3) is 0 Å². The van der Waals surface area contributed by atoms with Gasteiger partial charge in [-0.25, -0.2) is 0 Å². The molecule has 1 amide bonds. The van der Waals surface area contributed by atoms with E-state index in [4.69, 9.17) is 11.6 Å². The third kappa shape index (κ3) is 2.89. The molecule has 0 aromatic rings. The van der Waals surface area contributed by atoms with Crippen molar-refractivity contribution in [1.82, 2.24) is 4.90 Å². The van der Waals surface area contributed by atoms with Crippen LogP contribution in [0.5, 0.6) is 0 Å². The molecule has 1 N–H and O–H groups in total. The van der Waals surface area contributed by atoms with Gasteiger partial charge in [-0.2, -0.15) is 0 Å². The molecule has 1 saturated carbocycles. The smallest absolute Gasteiger partial charge is 0.240 e. The van der Waals surface area contributed by atoms with E-state index in [1.807, 2.05) is 4.90 Å². The molecule has 92 valence electrons. The molecule has 0 aromatic heterocycles. The van der Waals surface area contributed by atoms with Crippen LogP contribution >= 0.6 is 11.6 Å². The zero-order chi connectivity index (χ0) is 11.7. The van der Waals surface area contributed by atoms with Crippen LogP contribution in [0.15, 0.2) is 0 Å². The second-order valence-electron chi connectivity index (χ2n) is 5.20. The first-order chi connectivity index (χ1) is 7.58. The summed E-state index contributed by atoms with van der Waals surface area (Å²) in [5.74, 6) is 1.07. The molecule has 0 bridgehead atoms. The summed E-state index contributed by atoms with van der Waals surface area (Å²) in [5.41, 5.74) is 0. The minimum absolute atomic E-state index is 0.00867. The molecule has 1 saturated heterocycles. The Hall–Kier alpha value is -0.280. The van der Waals surface area contributed by atoms with Gasteiger partial charge in [0.15, 0.2) is 0 Å². The number of halogens is 1. The summed E-state index contributed by atoms with van der Waals surface area (Å²) in [5, 5.41) is 9.47. The average molecular weight is 246 g/mol. The fraction of sp³-hybridized carbons (Fsp3) is 0.917. The Morgan fingerprint density at radius 3 is 2.75 bits per heavy atom. The Morgan fingerprint density at radius 1 is 1.50 bits per heavy atom. The van der Waals surface area contributed by atoms with Gasteiger partial charge in [0, 0.05) is 19.0 Å². The number of aliphatic hydroxyl groups excluding tert-OH is 1. The van der Waals surface area contributed by atoms with Crippen molar-refractivity contribution in [1.29, 1.82) is 0 Å². The van der Waals surface area contributed by atoms with Crippen LogP contribution in [0.1, 0.15) is 32.6 Å². The fourth-order valence-corrected chi connectivity index (χ4v) is 2.62. The SMILES string of the molecule is C[C@H](Cl)C(=O)N1CC[C@@H](O)[C@H](CC2CC2)C1. The molecule has 1 heterocycles. The van der Waals surface area contributed by atoms with Crippen molar-refractivity contribution in [2.24, 2.45) is 11.8 Å². The maximum absolute atomic E-state index is 11.8. The van der Waals surface area contributed by atoms with E-state index in [1.54, 1.807) is 6.92 Å². The molecule has 16 heavy (non-hydrogen) atoms. The van der Waals surface area contributed by atoms with Crippen LogP contribution in [0.3, 0.4) is 0 Å². The van der Waals surface area contributed by atoms with Crippen LogP contribution in [0.25, 0.3) is 0 Å². The summed E-state index contributed by atoms with van der Waals surface area (Å²) in [7, 11) is 0. The minimum Gasteiger partial charge on any atom is -0.393 e. The van der Waals surface area contributed by atoms with Crippen LogP contribution in [-0.4, -0.2) is 40.5 Å². The van der Waals surface area contributed by atoms with Gasteiger partial charge in [0.1, 0.15) is 5.38 Å². The van der Waals surface area contributed by atoms with Crippen LogP contribution in [0.4, 0.5) is 0 Å². The molecule has 1 aliphatic heterocycles. The van der Waals surface area contributed by atoms with E-state index in [-0.39, 0.29) is 17.9 Å². The van der Waals surface area contributed by atoms with Crippen molar-refractivity contribution in [2.75, 3.05) is 13.1 Å². The molecular formula is C12H20ClNO2. The molecule has 0 spiro atoms. The molecule has 2 aliphatic rings. The Bertz CT molecular complexity index is 266. The van der Waals surface area contributed by atoms with Gasteiger partial charge in [0.05, 0.1) is 6.10 Å². The largest absolute Gasteiger partial charge is 0.393 e. The van der Waals surface area contributed by atoms with Crippen molar-refractivity contribution in [3.05, 3.63) is 0 Å². The van der Waals surface area contributed by atoms with E-state index < -0.39 is 5.38 Å². The number of alkyl halides is 1. The standard InChI is InChI=1S/C12H20ClNO2/c1-8(13)12(16)14-5-4-11(15)10(7-14)6-9-2-3-9/h8-11,15H,2-7H2,1H3/t8-,10+,11+/m0/s1. The monoisotopic (exact) mass is 245 g/mol. The zero-order valence-corrected chi connectivity index (χ0v) is 10.5. The highest BCUT2D eigenvalue weighted by atomic mass is 35.5. The van der Waals surface area contributed by atoms with Gasteiger partial charge in [-0.15, -0.1) is 11.6 Å². The van der Waals surface area contributed by atoms with Crippen LogP contribution < -0.4 is 0 Å². The van der Waals surface area contributed by atoms with Gasteiger partial charge >= 0.3 is 0 Å². The second-order valence-corrected chi connectivity index (χ2v) is 5.85. The van der Waals surface area contributed by atoms with Crippen molar-refractivity contribution in [3.63, 3.8) is 0 Å². The first-order valence-electron chi connectivity index (χ1n) is 6.19. The van der Waals surface area contributed by atoms with Crippen molar-refractivity contribution in [2.45, 2.75) is 44.1 Å². The normalized spacial score (nSPS) is 32.6. The first kappa shape index (κ1) is 12.2. The number of nitrogens with zero attached hydrogens (tertiary/aromatic N) is 1. The third-order valence-electron chi connectivity index (χ3n) is 3.68.